The Kier molecular flexibility index (Phi) is 6.91. The van der Waals surface area contributed by atoms with Crippen LogP contribution in [0.5, 0.6) is 0 Å². The largest absolute Gasteiger partial charge is 0.481 e. The molecule has 21 heavy (non-hydrogen) atoms. The van der Waals surface area contributed by atoms with E-state index in [0.717, 1.165) is 12.8 Å². The van der Waals surface area contributed by atoms with Gasteiger partial charge in [-0.15, -0.1) is 0 Å². The molecule has 0 aromatic carbocycles. The van der Waals surface area contributed by atoms with E-state index in [1.165, 1.54) is 0 Å². The Labute approximate surface area is 125 Å². The Morgan fingerprint density at radius 2 is 2.10 bits per heavy atom. The lowest BCUT2D eigenvalue weighted by atomic mass is 10.1. The zero-order chi connectivity index (χ0) is 15.8. The van der Waals surface area contributed by atoms with Gasteiger partial charge in [-0.2, -0.15) is 0 Å². The van der Waals surface area contributed by atoms with E-state index in [-0.39, 0.29) is 31.0 Å². The van der Waals surface area contributed by atoms with Crippen LogP contribution in [0.15, 0.2) is 18.7 Å². The summed E-state index contributed by atoms with van der Waals surface area (Å²) in [6, 6.07) is 0.0815. The number of carbonyl (C=O) groups is 2. The molecule has 1 N–H and O–H groups in total. The lowest BCUT2D eigenvalue weighted by Gasteiger charge is -2.28. The first-order chi connectivity index (χ1) is 9.95. The Balaban J connectivity index is 2.71. The molecule has 1 aromatic rings. The van der Waals surface area contributed by atoms with Gasteiger partial charge in [0.1, 0.15) is 0 Å². The van der Waals surface area contributed by atoms with Crippen LogP contribution in [0, 0.1) is 0 Å². The zero-order valence-electron chi connectivity index (χ0n) is 13.0. The van der Waals surface area contributed by atoms with Crippen molar-refractivity contribution in [3.05, 3.63) is 18.7 Å². The van der Waals surface area contributed by atoms with Crippen LogP contribution in [0.1, 0.15) is 52.5 Å². The van der Waals surface area contributed by atoms with Gasteiger partial charge in [0, 0.05) is 37.4 Å². The number of aliphatic carboxylic acids is 1. The van der Waals surface area contributed by atoms with E-state index in [2.05, 4.69) is 11.9 Å². The summed E-state index contributed by atoms with van der Waals surface area (Å²) in [7, 11) is 0. The van der Waals surface area contributed by atoms with E-state index in [1.807, 2.05) is 24.6 Å². The van der Waals surface area contributed by atoms with Gasteiger partial charge in [-0.3, -0.25) is 9.59 Å². The third kappa shape index (κ3) is 5.57. The highest BCUT2D eigenvalue weighted by Crippen LogP contribution is 2.20. The average molecular weight is 295 g/mol. The van der Waals surface area contributed by atoms with Crippen molar-refractivity contribution in [2.24, 2.45) is 0 Å². The van der Waals surface area contributed by atoms with E-state index in [9.17, 15) is 9.59 Å². The third-order valence-corrected chi connectivity index (χ3v) is 3.49. The highest BCUT2D eigenvalue weighted by atomic mass is 16.4. The molecule has 118 valence electrons. The maximum absolute atomic E-state index is 12.5. The Morgan fingerprint density at radius 1 is 1.38 bits per heavy atom. The highest BCUT2D eigenvalue weighted by Gasteiger charge is 2.22. The molecule has 0 aliphatic carbocycles. The predicted octanol–water partition coefficient (Wildman–Crippen LogP) is 2.33. The molecule has 0 saturated heterocycles. The fourth-order valence-electron chi connectivity index (χ4n) is 2.38. The van der Waals surface area contributed by atoms with Crippen LogP contribution in [0.3, 0.4) is 0 Å². The molecule has 1 unspecified atom stereocenters. The summed E-state index contributed by atoms with van der Waals surface area (Å²) in [6.07, 6.45) is 7.53. The topological polar surface area (TPSA) is 75.4 Å². The molecular formula is C15H25N3O3. The summed E-state index contributed by atoms with van der Waals surface area (Å²) in [5, 5.41) is 8.79. The molecule has 6 heteroatoms. The van der Waals surface area contributed by atoms with Crippen molar-refractivity contribution in [2.45, 2.75) is 58.5 Å². The van der Waals surface area contributed by atoms with Gasteiger partial charge < -0.3 is 14.6 Å². The van der Waals surface area contributed by atoms with Gasteiger partial charge in [-0.25, -0.2) is 4.98 Å². The minimum atomic E-state index is -0.881. The van der Waals surface area contributed by atoms with Crippen LogP contribution < -0.4 is 0 Å². The van der Waals surface area contributed by atoms with Crippen LogP contribution in [0.4, 0.5) is 0 Å². The summed E-state index contributed by atoms with van der Waals surface area (Å²) in [5.41, 5.74) is 0. The number of hydrogen-bond donors (Lipinski definition) is 1. The third-order valence-electron chi connectivity index (χ3n) is 3.49. The van der Waals surface area contributed by atoms with Crippen molar-refractivity contribution in [3.8, 4) is 0 Å². The van der Waals surface area contributed by atoms with E-state index >= 15 is 0 Å². The maximum atomic E-state index is 12.5. The molecule has 1 amide bonds. The SMILES string of the molecule is CCCC(CC(=O)N(CCC(=O)O)C(C)C)n1ccnc1. The van der Waals surface area contributed by atoms with Gasteiger partial charge in [0.25, 0.3) is 0 Å². The number of aromatic nitrogens is 2. The number of imidazole rings is 1. The smallest absolute Gasteiger partial charge is 0.305 e. The molecule has 0 saturated carbocycles. The molecular weight excluding hydrogens is 270 g/mol. The van der Waals surface area contributed by atoms with Crippen LogP contribution in [0.25, 0.3) is 0 Å². The summed E-state index contributed by atoms with van der Waals surface area (Å²) in [4.78, 5) is 28.9. The van der Waals surface area contributed by atoms with Gasteiger partial charge >= 0.3 is 5.97 Å². The number of carbonyl (C=O) groups excluding carboxylic acids is 1. The predicted molar refractivity (Wildman–Crippen MR) is 79.9 cm³/mol. The second kappa shape index (κ2) is 8.44. The normalized spacial score (nSPS) is 12.4. The van der Waals surface area contributed by atoms with Crippen molar-refractivity contribution in [1.29, 1.82) is 0 Å². The van der Waals surface area contributed by atoms with E-state index in [1.54, 1.807) is 17.4 Å². The summed E-state index contributed by atoms with van der Waals surface area (Å²) in [6.45, 7) is 6.16. The minimum Gasteiger partial charge on any atom is -0.481 e. The van der Waals surface area contributed by atoms with E-state index in [0.29, 0.717) is 6.42 Å². The molecule has 6 nitrogen and oxygen atoms in total. The van der Waals surface area contributed by atoms with Gasteiger partial charge in [0.15, 0.2) is 0 Å². The fourth-order valence-corrected chi connectivity index (χ4v) is 2.38. The van der Waals surface area contributed by atoms with E-state index in [4.69, 9.17) is 5.11 Å². The zero-order valence-corrected chi connectivity index (χ0v) is 13.0. The molecule has 1 atom stereocenters. The van der Waals surface area contributed by atoms with Crippen LogP contribution in [0.2, 0.25) is 0 Å². The minimum absolute atomic E-state index is 0.00148. The second-order valence-corrected chi connectivity index (χ2v) is 5.48. The lowest BCUT2D eigenvalue weighted by Crippen LogP contribution is -2.39. The molecule has 1 heterocycles. The molecule has 0 aliphatic rings. The number of amides is 1. The Morgan fingerprint density at radius 3 is 2.57 bits per heavy atom. The first-order valence-electron chi connectivity index (χ1n) is 7.44. The van der Waals surface area contributed by atoms with Crippen molar-refractivity contribution < 1.29 is 14.7 Å². The summed E-state index contributed by atoms with van der Waals surface area (Å²) >= 11 is 0. The Bertz CT molecular complexity index is 443. The standard InChI is InChI=1S/C15H25N3O3/c1-4-5-13(17-9-7-16-11-17)10-14(19)18(12(2)3)8-6-15(20)21/h7,9,11-13H,4-6,8,10H2,1-3H3,(H,20,21). The monoisotopic (exact) mass is 295 g/mol. The van der Waals surface area contributed by atoms with Crippen LogP contribution in [-0.2, 0) is 9.59 Å². The molecule has 1 aromatic heterocycles. The quantitative estimate of drug-likeness (QED) is 0.758. The average Bonchev–Trinajstić information content (AvgIpc) is 2.91. The summed E-state index contributed by atoms with van der Waals surface area (Å²) in [5.74, 6) is -0.883. The number of rotatable bonds is 9. The Hall–Kier alpha value is -1.85. The molecule has 0 fully saturated rings. The maximum Gasteiger partial charge on any atom is 0.305 e. The lowest BCUT2D eigenvalue weighted by molar-refractivity contribution is -0.139. The number of carboxylic acid groups (broad SMARTS) is 1. The van der Waals surface area contributed by atoms with Crippen molar-refractivity contribution in [2.75, 3.05) is 6.54 Å². The van der Waals surface area contributed by atoms with Gasteiger partial charge in [0.05, 0.1) is 12.7 Å². The van der Waals surface area contributed by atoms with Gasteiger partial charge in [0.2, 0.25) is 5.91 Å². The van der Waals surface area contributed by atoms with Gasteiger partial charge in [-0.1, -0.05) is 13.3 Å². The van der Waals surface area contributed by atoms with E-state index < -0.39 is 5.97 Å². The van der Waals surface area contributed by atoms with Crippen molar-refractivity contribution in [1.82, 2.24) is 14.5 Å². The highest BCUT2D eigenvalue weighted by molar-refractivity contribution is 5.77. The number of carboxylic acids is 1. The molecule has 0 bridgehead atoms. The second-order valence-electron chi connectivity index (χ2n) is 5.48. The first-order valence-corrected chi connectivity index (χ1v) is 7.44. The molecule has 0 spiro atoms. The fraction of sp³-hybridized carbons (Fsp3) is 0.667. The first kappa shape index (κ1) is 17.2. The molecule has 0 radical (unpaired) electrons. The van der Waals surface area contributed by atoms with Crippen molar-refractivity contribution in [3.63, 3.8) is 0 Å². The van der Waals surface area contributed by atoms with Gasteiger partial charge in [-0.05, 0) is 20.3 Å². The van der Waals surface area contributed by atoms with Crippen LogP contribution in [-0.4, -0.2) is 44.0 Å². The van der Waals surface area contributed by atoms with Crippen molar-refractivity contribution >= 4 is 11.9 Å². The molecule has 0 aliphatic heterocycles. The molecule has 1 rings (SSSR count). The summed E-state index contributed by atoms with van der Waals surface area (Å²) < 4.78 is 1.96. The number of hydrogen-bond acceptors (Lipinski definition) is 3. The number of nitrogens with zero attached hydrogens (tertiary/aromatic N) is 3. The van der Waals surface area contributed by atoms with Crippen LogP contribution >= 0.6 is 0 Å².